The second-order valence-corrected chi connectivity index (χ2v) is 6.49. The summed E-state index contributed by atoms with van der Waals surface area (Å²) >= 11 is 0. The van der Waals surface area contributed by atoms with E-state index in [1.807, 2.05) is 0 Å². The van der Waals surface area contributed by atoms with Gasteiger partial charge in [-0.25, -0.2) is 4.72 Å². The Hall–Kier alpha value is -1.58. The molecule has 0 aromatic rings. The number of sulfonamides is 1. The molecule has 1 fully saturated rings. The van der Waals surface area contributed by atoms with Crippen molar-refractivity contribution in [1.29, 1.82) is 0 Å². The maximum absolute atomic E-state index is 12.2. The molecule has 2 aliphatic rings. The first kappa shape index (κ1) is 14.8. The molecule has 2 bridgehead atoms. The van der Waals surface area contributed by atoms with Crippen LogP contribution < -0.4 is 10.5 Å². The highest BCUT2D eigenvalue weighted by molar-refractivity contribution is 7.90. The highest BCUT2D eigenvalue weighted by atomic mass is 32.2. The van der Waals surface area contributed by atoms with Gasteiger partial charge in [-0.2, -0.15) is 21.6 Å². The summed E-state index contributed by atoms with van der Waals surface area (Å²) in [5.41, 5.74) is -0.447. The van der Waals surface area contributed by atoms with Gasteiger partial charge in [-0.05, 0) is 18.3 Å². The lowest BCUT2D eigenvalue weighted by Crippen LogP contribution is -2.47. The zero-order valence-corrected chi connectivity index (χ0v) is 10.7. The molecule has 20 heavy (non-hydrogen) atoms. The SMILES string of the molecule is NC(=O)C1C2C=CC(C2)C1C(=O)NS(=O)(=O)C(F)(F)F. The molecule has 0 aromatic carbocycles. The largest absolute Gasteiger partial charge is 0.516 e. The summed E-state index contributed by atoms with van der Waals surface area (Å²) in [5.74, 6) is -5.13. The van der Waals surface area contributed by atoms with Crippen LogP contribution in [-0.4, -0.2) is 25.7 Å². The summed E-state index contributed by atoms with van der Waals surface area (Å²) in [4.78, 5) is 23.1. The average Bonchev–Trinajstić information content (AvgIpc) is 2.85. The maximum atomic E-state index is 12.2. The van der Waals surface area contributed by atoms with Crippen LogP contribution in [0.25, 0.3) is 0 Å². The van der Waals surface area contributed by atoms with E-state index in [1.54, 1.807) is 12.2 Å². The fraction of sp³-hybridized carbons (Fsp3) is 0.600. The Balaban J connectivity index is 2.22. The highest BCUT2D eigenvalue weighted by Gasteiger charge is 2.54. The molecule has 4 unspecified atom stereocenters. The smallest absolute Gasteiger partial charge is 0.369 e. The third-order valence-corrected chi connectivity index (χ3v) is 4.71. The number of hydrogen-bond acceptors (Lipinski definition) is 4. The van der Waals surface area contributed by atoms with Crippen molar-refractivity contribution >= 4 is 21.8 Å². The molecule has 0 radical (unpaired) electrons. The lowest BCUT2D eigenvalue weighted by Gasteiger charge is -2.24. The predicted molar refractivity (Wildman–Crippen MR) is 60.0 cm³/mol. The molecule has 2 amide bonds. The molecule has 0 spiro atoms. The minimum absolute atomic E-state index is 0.332. The van der Waals surface area contributed by atoms with Gasteiger partial charge < -0.3 is 5.73 Å². The van der Waals surface area contributed by atoms with Crippen LogP contribution in [0, 0.1) is 23.7 Å². The number of carbonyl (C=O) groups is 2. The Kier molecular flexibility index (Phi) is 3.31. The molecule has 0 heterocycles. The van der Waals surface area contributed by atoms with E-state index in [0.29, 0.717) is 6.42 Å². The standard InChI is InChI=1S/C10H11F3N2O4S/c11-10(12,13)20(18,19)15-9(17)7-5-2-1-4(3-5)6(7)8(14)16/h1-2,4-7H,3H2,(H2,14,16)(H,15,17). The van der Waals surface area contributed by atoms with Crippen molar-refractivity contribution in [2.75, 3.05) is 0 Å². The summed E-state index contributed by atoms with van der Waals surface area (Å²) in [6.45, 7) is 0. The third kappa shape index (κ3) is 2.28. The van der Waals surface area contributed by atoms with Gasteiger partial charge in [-0.15, -0.1) is 0 Å². The van der Waals surface area contributed by atoms with Gasteiger partial charge in [-0.1, -0.05) is 12.2 Å². The van der Waals surface area contributed by atoms with Crippen LogP contribution in [0.2, 0.25) is 0 Å². The minimum Gasteiger partial charge on any atom is -0.369 e. The van der Waals surface area contributed by atoms with Crippen molar-refractivity contribution in [3.05, 3.63) is 12.2 Å². The van der Waals surface area contributed by atoms with Gasteiger partial charge in [0.15, 0.2) is 0 Å². The fourth-order valence-electron chi connectivity index (χ4n) is 2.83. The molecule has 1 saturated carbocycles. The van der Waals surface area contributed by atoms with Gasteiger partial charge in [-0.3, -0.25) is 9.59 Å². The second-order valence-electron chi connectivity index (χ2n) is 4.82. The fourth-order valence-corrected chi connectivity index (χ4v) is 3.34. The number of nitrogens with two attached hydrogens (primary N) is 1. The number of rotatable bonds is 3. The Morgan fingerprint density at radius 3 is 2.10 bits per heavy atom. The van der Waals surface area contributed by atoms with Crippen molar-refractivity contribution in [2.45, 2.75) is 11.9 Å². The lowest BCUT2D eigenvalue weighted by atomic mass is 9.82. The summed E-state index contributed by atoms with van der Waals surface area (Å²) in [7, 11) is -5.78. The zero-order valence-electron chi connectivity index (χ0n) is 9.92. The summed E-state index contributed by atoms with van der Waals surface area (Å²) in [6, 6.07) is 0. The molecule has 0 aromatic heterocycles. The van der Waals surface area contributed by atoms with Crippen LogP contribution in [0.3, 0.4) is 0 Å². The van der Waals surface area contributed by atoms with E-state index < -0.39 is 45.1 Å². The predicted octanol–water partition coefficient (Wildman–Crippen LogP) is -0.124. The number of alkyl halides is 3. The molecule has 2 rings (SSSR count). The second kappa shape index (κ2) is 4.47. The molecule has 112 valence electrons. The van der Waals surface area contributed by atoms with E-state index >= 15 is 0 Å². The summed E-state index contributed by atoms with van der Waals surface area (Å²) in [6.07, 6.45) is 3.66. The van der Waals surface area contributed by atoms with Crippen molar-refractivity contribution in [3.63, 3.8) is 0 Å². The average molecular weight is 312 g/mol. The van der Waals surface area contributed by atoms with Crippen LogP contribution in [0.15, 0.2) is 12.2 Å². The van der Waals surface area contributed by atoms with Crippen LogP contribution in [0.4, 0.5) is 13.2 Å². The Bertz CT molecular complexity index is 584. The van der Waals surface area contributed by atoms with Gasteiger partial charge in [0.05, 0.1) is 11.8 Å². The number of fused-ring (bicyclic) bond motifs is 2. The molecule has 2 aliphatic carbocycles. The molecular formula is C10H11F3N2O4S. The van der Waals surface area contributed by atoms with Crippen molar-refractivity contribution in [2.24, 2.45) is 29.4 Å². The maximum Gasteiger partial charge on any atom is 0.516 e. The first-order valence-corrected chi connectivity index (χ1v) is 7.13. The van der Waals surface area contributed by atoms with E-state index in [9.17, 15) is 31.2 Å². The number of hydrogen-bond donors (Lipinski definition) is 2. The molecule has 0 aliphatic heterocycles. The topological polar surface area (TPSA) is 106 Å². The first-order valence-electron chi connectivity index (χ1n) is 5.65. The van der Waals surface area contributed by atoms with Gasteiger partial charge >= 0.3 is 15.5 Å². The third-order valence-electron chi connectivity index (χ3n) is 3.63. The summed E-state index contributed by atoms with van der Waals surface area (Å²) < 4.78 is 59.4. The Morgan fingerprint density at radius 1 is 1.15 bits per heavy atom. The molecule has 3 N–H and O–H groups in total. The van der Waals surface area contributed by atoms with Crippen LogP contribution in [0.5, 0.6) is 0 Å². The van der Waals surface area contributed by atoms with E-state index in [1.165, 1.54) is 0 Å². The number of allylic oxidation sites excluding steroid dienone is 2. The van der Waals surface area contributed by atoms with Gasteiger partial charge in [0.1, 0.15) is 0 Å². The van der Waals surface area contributed by atoms with Crippen LogP contribution in [-0.2, 0) is 19.6 Å². The van der Waals surface area contributed by atoms with Gasteiger partial charge in [0, 0.05) is 0 Å². The number of nitrogens with one attached hydrogen (secondary N) is 1. The molecule has 4 atom stereocenters. The van der Waals surface area contributed by atoms with Crippen molar-refractivity contribution in [1.82, 2.24) is 4.72 Å². The van der Waals surface area contributed by atoms with E-state index in [4.69, 9.17) is 5.73 Å². The number of carbonyl (C=O) groups excluding carboxylic acids is 2. The van der Waals surface area contributed by atoms with Gasteiger partial charge in [0.25, 0.3) is 0 Å². The quantitative estimate of drug-likeness (QED) is 0.708. The molecule has 10 heteroatoms. The first-order chi connectivity index (χ1) is 9.04. The zero-order chi connectivity index (χ0) is 15.3. The van der Waals surface area contributed by atoms with Crippen molar-refractivity contribution < 1.29 is 31.2 Å². The monoisotopic (exact) mass is 312 g/mol. The Labute approximate surface area is 112 Å². The lowest BCUT2D eigenvalue weighted by molar-refractivity contribution is -0.132. The van der Waals surface area contributed by atoms with Crippen molar-refractivity contribution in [3.8, 4) is 0 Å². The normalized spacial score (nSPS) is 32.4. The Morgan fingerprint density at radius 2 is 1.65 bits per heavy atom. The number of halogens is 3. The summed E-state index contributed by atoms with van der Waals surface area (Å²) in [5, 5.41) is 0. The molecule has 0 saturated heterocycles. The van der Waals surface area contributed by atoms with Gasteiger partial charge in [0.2, 0.25) is 11.8 Å². The number of primary amides is 1. The van der Waals surface area contributed by atoms with Crippen LogP contribution >= 0.6 is 0 Å². The molecular weight excluding hydrogens is 301 g/mol. The van der Waals surface area contributed by atoms with E-state index in [2.05, 4.69) is 0 Å². The minimum atomic E-state index is -5.78. The van der Waals surface area contributed by atoms with E-state index in [0.717, 1.165) is 4.72 Å². The van der Waals surface area contributed by atoms with Crippen LogP contribution in [0.1, 0.15) is 6.42 Å². The van der Waals surface area contributed by atoms with E-state index in [-0.39, 0.29) is 5.92 Å². The highest BCUT2D eigenvalue weighted by Crippen LogP contribution is 2.48. The molecule has 6 nitrogen and oxygen atoms in total. The number of amides is 2.